The van der Waals surface area contributed by atoms with E-state index in [2.05, 4.69) is 15.7 Å². The van der Waals surface area contributed by atoms with Gasteiger partial charge in [-0.1, -0.05) is 6.07 Å². The molecule has 2 aromatic carbocycles. The summed E-state index contributed by atoms with van der Waals surface area (Å²) in [5, 5.41) is 8.59. The third-order valence-corrected chi connectivity index (χ3v) is 5.30. The normalized spacial score (nSPS) is 13.6. The fourth-order valence-corrected chi connectivity index (χ4v) is 3.70. The molecule has 2 amide bonds. The molecule has 2 N–H and O–H groups in total. The Hall–Kier alpha value is -3.50. The van der Waals surface area contributed by atoms with Crippen LogP contribution in [0.15, 0.2) is 48.5 Å². The molecule has 0 fully saturated rings. The quantitative estimate of drug-likeness (QED) is 0.481. The third kappa shape index (κ3) is 5.12. The van der Waals surface area contributed by atoms with Gasteiger partial charge in [0.2, 0.25) is 0 Å². The summed E-state index contributed by atoms with van der Waals surface area (Å²) >= 11 is 0. The Morgan fingerprint density at radius 2 is 1.61 bits per heavy atom. The van der Waals surface area contributed by atoms with Gasteiger partial charge in [0, 0.05) is 5.69 Å². The van der Waals surface area contributed by atoms with E-state index in [1.165, 1.54) is 5.56 Å². The fraction of sp³-hybridized carbons (Fsp3) is 0.273. The number of benzene rings is 2. The molecule has 0 spiro atoms. The van der Waals surface area contributed by atoms with Crippen molar-refractivity contribution in [3.8, 4) is 5.69 Å². The van der Waals surface area contributed by atoms with Crippen molar-refractivity contribution in [1.82, 2.24) is 15.1 Å². The van der Waals surface area contributed by atoms with E-state index in [1.54, 1.807) is 6.07 Å². The van der Waals surface area contributed by atoms with Gasteiger partial charge >= 0.3 is 18.4 Å². The number of halogens is 6. The second kappa shape index (κ2) is 8.45. The van der Waals surface area contributed by atoms with Gasteiger partial charge in [0.15, 0.2) is 5.69 Å². The first-order chi connectivity index (χ1) is 15.5. The molecule has 0 bridgehead atoms. The van der Waals surface area contributed by atoms with E-state index in [-0.39, 0.29) is 17.9 Å². The van der Waals surface area contributed by atoms with Crippen molar-refractivity contribution in [2.45, 2.75) is 38.2 Å². The summed E-state index contributed by atoms with van der Waals surface area (Å²) in [6, 6.07) is 9.18. The summed E-state index contributed by atoms with van der Waals surface area (Å²) in [6.07, 6.45) is -6.41. The number of hydrogen-bond donors (Lipinski definition) is 2. The Bertz CT molecular complexity index is 1170. The van der Waals surface area contributed by atoms with Gasteiger partial charge in [-0.05, 0) is 72.9 Å². The number of fused-ring (bicyclic) bond motifs is 1. The van der Waals surface area contributed by atoms with Gasteiger partial charge in [0.1, 0.15) is 0 Å². The molecule has 174 valence electrons. The van der Waals surface area contributed by atoms with Crippen molar-refractivity contribution in [2.75, 3.05) is 5.32 Å². The fourth-order valence-electron chi connectivity index (χ4n) is 3.70. The Balaban J connectivity index is 1.51. The number of nitrogens with zero attached hydrogens (tertiary/aromatic N) is 2. The van der Waals surface area contributed by atoms with E-state index in [0.29, 0.717) is 5.69 Å². The molecular weight excluding hydrogens is 450 g/mol. The zero-order valence-corrected chi connectivity index (χ0v) is 17.0. The van der Waals surface area contributed by atoms with E-state index in [4.69, 9.17) is 0 Å². The Morgan fingerprint density at radius 3 is 2.27 bits per heavy atom. The highest BCUT2D eigenvalue weighted by Crippen LogP contribution is 2.32. The van der Waals surface area contributed by atoms with Crippen LogP contribution in [0.2, 0.25) is 0 Å². The van der Waals surface area contributed by atoms with Crippen LogP contribution < -0.4 is 10.6 Å². The lowest BCUT2D eigenvalue weighted by atomic mass is 10.1. The molecule has 0 aliphatic heterocycles. The standard InChI is InChI=1S/C22H18F6N4O/c23-21(24,25)15-5-8-17(9-6-15)32-18(11-19(31-32)22(26,27)28)12-29-20(33)30-16-7-4-13-2-1-3-14(13)10-16/h4-11H,1-3,12H2,(H2,29,30,33). The first-order valence-electron chi connectivity index (χ1n) is 10.0. The van der Waals surface area contributed by atoms with Crippen LogP contribution in [0.4, 0.5) is 36.8 Å². The van der Waals surface area contributed by atoms with Gasteiger partial charge in [0.25, 0.3) is 0 Å². The Morgan fingerprint density at radius 1 is 0.909 bits per heavy atom. The molecule has 0 radical (unpaired) electrons. The first kappa shape index (κ1) is 22.7. The van der Waals surface area contributed by atoms with Crippen LogP contribution in [0, 0.1) is 0 Å². The summed E-state index contributed by atoms with van der Waals surface area (Å²) in [7, 11) is 0. The monoisotopic (exact) mass is 468 g/mol. The van der Waals surface area contributed by atoms with Crippen LogP contribution in [0.1, 0.15) is 34.5 Å². The molecule has 0 saturated heterocycles. The number of aromatic nitrogens is 2. The summed E-state index contributed by atoms with van der Waals surface area (Å²) in [6.45, 7) is -0.332. The average Bonchev–Trinajstić information content (AvgIpc) is 3.38. The summed E-state index contributed by atoms with van der Waals surface area (Å²) in [4.78, 5) is 12.3. The third-order valence-electron chi connectivity index (χ3n) is 5.30. The van der Waals surface area contributed by atoms with E-state index >= 15 is 0 Å². The number of nitrogens with one attached hydrogen (secondary N) is 2. The smallest absolute Gasteiger partial charge is 0.332 e. The number of alkyl halides is 6. The van der Waals surface area contributed by atoms with Gasteiger partial charge in [0.05, 0.1) is 23.5 Å². The topological polar surface area (TPSA) is 59.0 Å². The summed E-state index contributed by atoms with van der Waals surface area (Å²) < 4.78 is 78.8. The predicted octanol–water partition coefficient (Wildman–Crippen LogP) is 5.72. The number of anilines is 1. The molecule has 5 nitrogen and oxygen atoms in total. The lowest BCUT2D eigenvalue weighted by molar-refractivity contribution is -0.141. The number of urea groups is 1. The van der Waals surface area contributed by atoms with Crippen molar-refractivity contribution >= 4 is 11.7 Å². The number of carbonyl (C=O) groups excluding carboxylic acids is 1. The SMILES string of the molecule is O=C(NCc1cc(C(F)(F)F)nn1-c1ccc(C(F)(F)F)cc1)Nc1ccc2c(c1)CCC2. The molecule has 3 aromatic rings. The van der Waals surface area contributed by atoms with Crippen LogP contribution in [0.3, 0.4) is 0 Å². The minimum atomic E-state index is -4.77. The van der Waals surface area contributed by atoms with Gasteiger partial charge < -0.3 is 10.6 Å². The van der Waals surface area contributed by atoms with Crippen LogP contribution in [-0.2, 0) is 31.7 Å². The minimum Gasteiger partial charge on any atom is -0.332 e. The van der Waals surface area contributed by atoms with E-state index in [0.717, 1.165) is 59.8 Å². The molecule has 4 rings (SSSR count). The van der Waals surface area contributed by atoms with Crippen molar-refractivity contribution in [3.05, 3.63) is 76.6 Å². The van der Waals surface area contributed by atoms with Crippen molar-refractivity contribution < 1.29 is 31.1 Å². The van der Waals surface area contributed by atoms with Gasteiger partial charge in [-0.15, -0.1) is 0 Å². The minimum absolute atomic E-state index is 0.00525. The van der Waals surface area contributed by atoms with E-state index < -0.39 is 29.6 Å². The van der Waals surface area contributed by atoms with Gasteiger partial charge in [-0.3, -0.25) is 0 Å². The lowest BCUT2D eigenvalue weighted by Gasteiger charge is -2.12. The molecule has 11 heteroatoms. The van der Waals surface area contributed by atoms with Crippen molar-refractivity contribution in [1.29, 1.82) is 0 Å². The van der Waals surface area contributed by atoms with Crippen LogP contribution in [0.5, 0.6) is 0 Å². The molecule has 1 heterocycles. The number of rotatable bonds is 4. The molecule has 0 saturated carbocycles. The molecule has 1 aliphatic carbocycles. The molecular formula is C22H18F6N4O. The maximum Gasteiger partial charge on any atom is 0.435 e. The zero-order valence-electron chi connectivity index (χ0n) is 17.0. The molecule has 0 unspecified atom stereocenters. The average molecular weight is 468 g/mol. The molecule has 0 atom stereocenters. The van der Waals surface area contributed by atoms with Crippen molar-refractivity contribution in [3.63, 3.8) is 0 Å². The zero-order chi connectivity index (χ0) is 23.8. The summed E-state index contributed by atoms with van der Waals surface area (Å²) in [5.41, 5.74) is 0.700. The van der Waals surface area contributed by atoms with Gasteiger partial charge in [-0.2, -0.15) is 31.4 Å². The maximum atomic E-state index is 13.2. The summed E-state index contributed by atoms with van der Waals surface area (Å²) in [5.74, 6) is 0. The Kier molecular flexibility index (Phi) is 5.81. The number of aryl methyl sites for hydroxylation is 2. The highest BCUT2D eigenvalue weighted by atomic mass is 19.4. The predicted molar refractivity (Wildman–Crippen MR) is 108 cm³/mol. The highest BCUT2D eigenvalue weighted by molar-refractivity contribution is 5.89. The van der Waals surface area contributed by atoms with E-state index in [1.807, 2.05) is 12.1 Å². The van der Waals surface area contributed by atoms with Crippen LogP contribution >= 0.6 is 0 Å². The molecule has 1 aliphatic rings. The molecule has 1 aromatic heterocycles. The molecule has 33 heavy (non-hydrogen) atoms. The second-order valence-corrected chi connectivity index (χ2v) is 7.62. The number of amides is 2. The van der Waals surface area contributed by atoms with Crippen LogP contribution in [-0.4, -0.2) is 15.8 Å². The van der Waals surface area contributed by atoms with Crippen molar-refractivity contribution in [2.24, 2.45) is 0 Å². The Labute approximate surface area is 184 Å². The first-order valence-corrected chi connectivity index (χ1v) is 10.0. The largest absolute Gasteiger partial charge is 0.435 e. The van der Waals surface area contributed by atoms with Gasteiger partial charge in [-0.25, -0.2) is 9.48 Å². The maximum absolute atomic E-state index is 13.2. The van der Waals surface area contributed by atoms with Crippen LogP contribution in [0.25, 0.3) is 5.69 Å². The number of hydrogen-bond acceptors (Lipinski definition) is 2. The van der Waals surface area contributed by atoms with E-state index in [9.17, 15) is 31.1 Å². The second-order valence-electron chi connectivity index (χ2n) is 7.62. The number of carbonyl (C=O) groups is 1. The highest BCUT2D eigenvalue weighted by Gasteiger charge is 2.35. The lowest BCUT2D eigenvalue weighted by Crippen LogP contribution is -2.29.